The number of ether oxygens (including phenoxy) is 1. The van der Waals surface area contributed by atoms with Crippen molar-refractivity contribution in [2.24, 2.45) is 0 Å². The molecule has 1 aliphatic heterocycles. The highest BCUT2D eigenvalue weighted by molar-refractivity contribution is 8.00. The first-order valence-electron chi connectivity index (χ1n) is 6.71. The number of carbonyl (C=O) groups excluding carboxylic acids is 1. The minimum absolute atomic E-state index is 0.0734. The zero-order valence-corrected chi connectivity index (χ0v) is 12.4. The molecule has 19 heavy (non-hydrogen) atoms. The summed E-state index contributed by atoms with van der Waals surface area (Å²) in [7, 11) is 0. The lowest BCUT2D eigenvalue weighted by molar-refractivity contribution is -0.113. The minimum atomic E-state index is 0.0734. The molecule has 3 nitrogen and oxygen atoms in total. The SMILES string of the molecule is Cc1ccc(C)c(NC(=O)CS[C@H]2CCCOC2)c1. The minimum Gasteiger partial charge on any atom is -0.380 e. The summed E-state index contributed by atoms with van der Waals surface area (Å²) in [5.41, 5.74) is 3.18. The van der Waals surface area contributed by atoms with Gasteiger partial charge >= 0.3 is 0 Å². The molecule has 1 saturated heterocycles. The van der Waals surface area contributed by atoms with Crippen LogP contribution in [0.5, 0.6) is 0 Å². The molecule has 0 aliphatic carbocycles. The Bertz CT molecular complexity index is 442. The molecule has 1 aliphatic rings. The van der Waals surface area contributed by atoms with Gasteiger partial charge in [0.2, 0.25) is 5.91 Å². The highest BCUT2D eigenvalue weighted by Gasteiger charge is 2.16. The summed E-state index contributed by atoms with van der Waals surface area (Å²) in [5.74, 6) is 0.575. The van der Waals surface area contributed by atoms with Crippen LogP contribution in [0.1, 0.15) is 24.0 Å². The van der Waals surface area contributed by atoms with Gasteiger partial charge in [-0.3, -0.25) is 4.79 Å². The van der Waals surface area contributed by atoms with Crippen LogP contribution in [0.3, 0.4) is 0 Å². The van der Waals surface area contributed by atoms with Gasteiger partial charge in [-0.2, -0.15) is 0 Å². The number of anilines is 1. The van der Waals surface area contributed by atoms with Gasteiger partial charge in [0.25, 0.3) is 0 Å². The highest BCUT2D eigenvalue weighted by Crippen LogP contribution is 2.21. The number of carbonyl (C=O) groups is 1. The Morgan fingerprint density at radius 2 is 2.32 bits per heavy atom. The molecule has 0 bridgehead atoms. The molecule has 0 unspecified atom stereocenters. The van der Waals surface area contributed by atoms with Crippen molar-refractivity contribution < 1.29 is 9.53 Å². The predicted octanol–water partition coefficient (Wildman–Crippen LogP) is 3.15. The van der Waals surface area contributed by atoms with Crippen molar-refractivity contribution in [3.8, 4) is 0 Å². The standard InChI is InChI=1S/C15H21NO2S/c1-11-5-6-12(2)14(8-11)16-15(17)10-19-13-4-3-7-18-9-13/h5-6,8,13H,3-4,7,9-10H2,1-2H3,(H,16,17)/t13-/m0/s1. The Morgan fingerprint density at radius 3 is 3.05 bits per heavy atom. The van der Waals surface area contributed by atoms with Crippen LogP contribution in [0.15, 0.2) is 18.2 Å². The second-order valence-corrected chi connectivity index (χ2v) is 6.31. The van der Waals surface area contributed by atoms with Crippen LogP contribution in [-0.2, 0) is 9.53 Å². The second kappa shape index (κ2) is 6.96. The van der Waals surface area contributed by atoms with Crippen LogP contribution in [0.2, 0.25) is 0 Å². The molecule has 1 atom stereocenters. The topological polar surface area (TPSA) is 38.3 Å². The first-order chi connectivity index (χ1) is 9.15. The molecule has 1 N–H and O–H groups in total. The average Bonchev–Trinajstić information content (AvgIpc) is 2.42. The number of thioether (sulfide) groups is 1. The van der Waals surface area contributed by atoms with E-state index in [1.165, 1.54) is 0 Å². The van der Waals surface area contributed by atoms with Gasteiger partial charge in [-0.05, 0) is 43.9 Å². The third-order valence-electron chi connectivity index (χ3n) is 3.24. The van der Waals surface area contributed by atoms with E-state index in [1.807, 2.05) is 26.0 Å². The average molecular weight is 279 g/mol. The molecule has 1 aromatic rings. The normalized spacial score (nSPS) is 19.2. The monoisotopic (exact) mass is 279 g/mol. The van der Waals surface area contributed by atoms with Gasteiger partial charge in [-0.15, -0.1) is 11.8 Å². The highest BCUT2D eigenvalue weighted by atomic mass is 32.2. The number of hydrogen-bond donors (Lipinski definition) is 1. The van der Waals surface area contributed by atoms with E-state index in [4.69, 9.17) is 4.74 Å². The van der Waals surface area contributed by atoms with E-state index in [1.54, 1.807) is 11.8 Å². The lowest BCUT2D eigenvalue weighted by Crippen LogP contribution is -2.23. The van der Waals surface area contributed by atoms with E-state index in [2.05, 4.69) is 11.4 Å². The quantitative estimate of drug-likeness (QED) is 0.920. The van der Waals surface area contributed by atoms with E-state index >= 15 is 0 Å². The van der Waals surface area contributed by atoms with E-state index in [0.29, 0.717) is 11.0 Å². The van der Waals surface area contributed by atoms with E-state index in [9.17, 15) is 4.79 Å². The van der Waals surface area contributed by atoms with Crippen molar-refractivity contribution in [3.63, 3.8) is 0 Å². The molecule has 1 aromatic carbocycles. The lowest BCUT2D eigenvalue weighted by atomic mass is 10.1. The maximum Gasteiger partial charge on any atom is 0.234 e. The fourth-order valence-electron chi connectivity index (χ4n) is 2.09. The van der Waals surface area contributed by atoms with E-state index in [-0.39, 0.29) is 5.91 Å². The molecule has 1 amide bonds. The molecule has 0 saturated carbocycles. The summed E-state index contributed by atoms with van der Waals surface area (Å²) in [6.45, 7) is 5.69. The van der Waals surface area contributed by atoms with E-state index in [0.717, 1.165) is 42.9 Å². The summed E-state index contributed by atoms with van der Waals surface area (Å²) in [4.78, 5) is 11.9. The first-order valence-corrected chi connectivity index (χ1v) is 7.76. The van der Waals surface area contributed by atoms with Gasteiger partial charge in [-0.1, -0.05) is 12.1 Å². The molecule has 104 valence electrons. The Labute approximate surface area is 119 Å². The third-order valence-corrected chi connectivity index (χ3v) is 4.51. The van der Waals surface area contributed by atoms with Gasteiger partial charge in [-0.25, -0.2) is 0 Å². The Hall–Kier alpha value is -1.00. The summed E-state index contributed by atoms with van der Waals surface area (Å²) in [6, 6.07) is 6.10. The van der Waals surface area contributed by atoms with Crippen LogP contribution in [0.25, 0.3) is 0 Å². The Balaban J connectivity index is 1.81. The van der Waals surface area contributed by atoms with E-state index < -0.39 is 0 Å². The van der Waals surface area contributed by atoms with Gasteiger partial charge in [0, 0.05) is 17.5 Å². The van der Waals surface area contributed by atoms with Crippen LogP contribution >= 0.6 is 11.8 Å². The lowest BCUT2D eigenvalue weighted by Gasteiger charge is -2.21. The molecule has 0 aromatic heterocycles. The van der Waals surface area contributed by atoms with Crippen molar-refractivity contribution in [3.05, 3.63) is 29.3 Å². The maximum atomic E-state index is 11.9. The molecule has 2 rings (SSSR count). The van der Waals surface area contributed by atoms with Crippen LogP contribution < -0.4 is 5.32 Å². The number of nitrogens with one attached hydrogen (secondary N) is 1. The second-order valence-electron chi connectivity index (χ2n) is 5.02. The fourth-order valence-corrected chi connectivity index (χ4v) is 3.08. The predicted molar refractivity (Wildman–Crippen MR) is 80.8 cm³/mol. The summed E-state index contributed by atoms with van der Waals surface area (Å²) < 4.78 is 5.41. The molecule has 1 heterocycles. The van der Waals surface area contributed by atoms with Crippen molar-refractivity contribution in [2.45, 2.75) is 31.9 Å². The fraction of sp³-hybridized carbons (Fsp3) is 0.533. The van der Waals surface area contributed by atoms with Crippen molar-refractivity contribution in [1.82, 2.24) is 0 Å². The number of aryl methyl sites for hydroxylation is 2. The molecular weight excluding hydrogens is 258 g/mol. The zero-order chi connectivity index (χ0) is 13.7. The number of hydrogen-bond acceptors (Lipinski definition) is 3. The smallest absolute Gasteiger partial charge is 0.234 e. The van der Waals surface area contributed by atoms with Crippen LogP contribution in [0, 0.1) is 13.8 Å². The van der Waals surface area contributed by atoms with Gasteiger partial charge in [0.1, 0.15) is 0 Å². The molecule has 1 fully saturated rings. The summed E-state index contributed by atoms with van der Waals surface area (Å²) >= 11 is 1.70. The number of benzene rings is 1. The molecular formula is C15H21NO2S. The molecule has 4 heteroatoms. The van der Waals surface area contributed by atoms with Crippen molar-refractivity contribution >= 4 is 23.4 Å². The summed E-state index contributed by atoms with van der Waals surface area (Å²) in [6.07, 6.45) is 2.26. The first kappa shape index (κ1) is 14.4. The van der Waals surface area contributed by atoms with Crippen molar-refractivity contribution in [2.75, 3.05) is 24.3 Å². The van der Waals surface area contributed by atoms with Gasteiger partial charge in [0.15, 0.2) is 0 Å². The van der Waals surface area contributed by atoms with Crippen LogP contribution in [0.4, 0.5) is 5.69 Å². The molecule has 0 spiro atoms. The number of amides is 1. The summed E-state index contributed by atoms with van der Waals surface area (Å²) in [5, 5.41) is 3.46. The van der Waals surface area contributed by atoms with Gasteiger partial charge < -0.3 is 10.1 Å². The van der Waals surface area contributed by atoms with Gasteiger partial charge in [0.05, 0.1) is 12.4 Å². The zero-order valence-electron chi connectivity index (χ0n) is 11.6. The number of rotatable bonds is 4. The Morgan fingerprint density at radius 1 is 1.47 bits per heavy atom. The maximum absolute atomic E-state index is 11.9. The molecule has 0 radical (unpaired) electrons. The van der Waals surface area contributed by atoms with Crippen molar-refractivity contribution in [1.29, 1.82) is 0 Å². The van der Waals surface area contributed by atoms with Crippen LogP contribution in [-0.4, -0.2) is 30.1 Å². The largest absolute Gasteiger partial charge is 0.380 e. The third kappa shape index (κ3) is 4.55. The Kier molecular flexibility index (Phi) is 5.28.